The average Bonchev–Trinajstić information content (AvgIpc) is 3.36. The van der Waals surface area contributed by atoms with E-state index in [2.05, 4.69) is 10.6 Å². The van der Waals surface area contributed by atoms with E-state index in [1.807, 2.05) is 32.0 Å². The highest BCUT2D eigenvalue weighted by atomic mass is 35.5. The van der Waals surface area contributed by atoms with Crippen LogP contribution in [0.15, 0.2) is 54.6 Å². The Kier molecular flexibility index (Phi) is 6.31. The van der Waals surface area contributed by atoms with Crippen LogP contribution in [-0.4, -0.2) is 58.1 Å². The van der Waals surface area contributed by atoms with Gasteiger partial charge in [-0.15, -0.1) is 0 Å². The van der Waals surface area contributed by atoms with Crippen molar-refractivity contribution in [2.24, 2.45) is 17.8 Å². The van der Waals surface area contributed by atoms with Gasteiger partial charge < -0.3 is 25.4 Å². The van der Waals surface area contributed by atoms with Gasteiger partial charge in [0, 0.05) is 29.5 Å². The van der Waals surface area contributed by atoms with Crippen LogP contribution < -0.4 is 10.6 Å². The van der Waals surface area contributed by atoms with Gasteiger partial charge in [-0.2, -0.15) is 0 Å². The number of hydrogen-bond acceptors (Lipinski definition) is 5. The number of nitrogens with zero attached hydrogens (tertiary/aromatic N) is 1. The minimum Gasteiger partial charge on any atom is -0.396 e. The van der Waals surface area contributed by atoms with Gasteiger partial charge in [0.25, 0.3) is 0 Å². The molecule has 8 nitrogen and oxygen atoms in total. The third-order valence-corrected chi connectivity index (χ3v) is 8.31. The van der Waals surface area contributed by atoms with E-state index >= 15 is 0 Å². The summed E-state index contributed by atoms with van der Waals surface area (Å²) in [6.45, 7) is 3.94. The van der Waals surface area contributed by atoms with Crippen molar-refractivity contribution in [2.75, 3.05) is 23.8 Å². The van der Waals surface area contributed by atoms with Gasteiger partial charge in [0.15, 0.2) is 0 Å². The summed E-state index contributed by atoms with van der Waals surface area (Å²) in [5.41, 5.74) is -0.865. The van der Waals surface area contributed by atoms with Gasteiger partial charge in [0.05, 0.1) is 17.4 Å². The summed E-state index contributed by atoms with van der Waals surface area (Å²) in [7, 11) is 0. The van der Waals surface area contributed by atoms with E-state index in [0.717, 1.165) is 0 Å². The first-order valence-corrected chi connectivity index (χ1v) is 12.6. The van der Waals surface area contributed by atoms with Gasteiger partial charge in [-0.1, -0.05) is 36.7 Å². The second-order valence-electron chi connectivity index (χ2n) is 10.2. The maximum Gasteiger partial charge on any atom is 0.250 e. The first kappa shape index (κ1) is 24.7. The smallest absolute Gasteiger partial charge is 0.250 e. The molecule has 0 aromatic heterocycles. The summed E-state index contributed by atoms with van der Waals surface area (Å²) in [6, 6.07) is 14.9. The van der Waals surface area contributed by atoms with Crippen LogP contribution in [0.1, 0.15) is 26.7 Å². The number of fused-ring (bicyclic) bond motifs is 1. The fourth-order valence-corrected chi connectivity index (χ4v) is 6.53. The molecule has 3 fully saturated rings. The third kappa shape index (κ3) is 3.79. The largest absolute Gasteiger partial charge is 0.396 e. The average molecular weight is 512 g/mol. The molecule has 1 spiro atoms. The van der Waals surface area contributed by atoms with E-state index in [1.165, 1.54) is 4.90 Å². The van der Waals surface area contributed by atoms with Crippen LogP contribution in [0, 0.1) is 17.8 Å². The number of benzene rings is 2. The number of aliphatic hydroxyl groups excluding tert-OH is 1. The molecular weight excluding hydrogens is 482 g/mol. The number of rotatable bonds is 7. The Labute approximate surface area is 215 Å². The SMILES string of the molecule is CC1CC23O[C@@]1(C)[C@H](C(=O)Nc1ccccc1)[C@H]2C(=O)N(CCCO)C3C(=O)Nc1ccc(Cl)cc1. The highest BCUT2D eigenvalue weighted by Crippen LogP contribution is 2.65. The summed E-state index contributed by atoms with van der Waals surface area (Å²) in [4.78, 5) is 42.8. The summed E-state index contributed by atoms with van der Waals surface area (Å²) in [6.07, 6.45) is 0.788. The van der Waals surface area contributed by atoms with Crippen molar-refractivity contribution in [2.45, 2.75) is 43.9 Å². The maximum absolute atomic E-state index is 13.9. The fraction of sp³-hybridized carbons (Fsp3) is 0.444. The van der Waals surface area contributed by atoms with Gasteiger partial charge in [-0.3, -0.25) is 14.4 Å². The molecule has 2 bridgehead atoms. The summed E-state index contributed by atoms with van der Waals surface area (Å²) in [5, 5.41) is 15.9. The molecule has 3 aliphatic rings. The molecule has 6 atom stereocenters. The fourth-order valence-electron chi connectivity index (χ4n) is 6.41. The molecule has 5 rings (SSSR count). The monoisotopic (exact) mass is 511 g/mol. The summed E-state index contributed by atoms with van der Waals surface area (Å²) in [5.74, 6) is -2.59. The Morgan fingerprint density at radius 1 is 1.08 bits per heavy atom. The number of aliphatic hydroxyl groups is 1. The number of halogens is 1. The van der Waals surface area contributed by atoms with E-state index in [9.17, 15) is 19.5 Å². The maximum atomic E-state index is 13.9. The van der Waals surface area contributed by atoms with E-state index < -0.39 is 29.1 Å². The molecule has 3 heterocycles. The highest BCUT2D eigenvalue weighted by Gasteiger charge is 2.79. The van der Waals surface area contributed by atoms with Crippen LogP contribution in [0.3, 0.4) is 0 Å². The van der Waals surface area contributed by atoms with E-state index in [4.69, 9.17) is 16.3 Å². The number of likely N-dealkylation sites (tertiary alicyclic amines) is 1. The molecule has 3 amide bonds. The standard InChI is InChI=1S/C27H30ClN3O5/c1-16-15-27-21(20(26(16,2)36-27)23(33)29-18-7-4-3-5-8-18)25(35)31(13-6-14-32)22(27)24(34)30-19-11-9-17(28)10-12-19/h3-5,7-12,16,20-22,32H,6,13-15H2,1-2H3,(H,29,33)(H,30,34)/t16?,20-,21-,22?,26+,27?/m0/s1. The molecule has 190 valence electrons. The Hall–Kier alpha value is -2.94. The molecule has 3 aliphatic heterocycles. The minimum absolute atomic E-state index is 0.0586. The molecule has 2 aromatic rings. The van der Waals surface area contributed by atoms with E-state index in [1.54, 1.807) is 36.4 Å². The van der Waals surface area contributed by atoms with E-state index in [0.29, 0.717) is 29.2 Å². The number of carbonyl (C=O) groups excluding carboxylic acids is 3. The molecule has 0 radical (unpaired) electrons. The zero-order valence-electron chi connectivity index (χ0n) is 20.2. The molecule has 36 heavy (non-hydrogen) atoms. The first-order chi connectivity index (χ1) is 17.2. The van der Waals surface area contributed by atoms with Crippen molar-refractivity contribution in [3.8, 4) is 0 Å². The van der Waals surface area contributed by atoms with Crippen LogP contribution >= 0.6 is 11.6 Å². The molecule has 2 aromatic carbocycles. The minimum atomic E-state index is -1.14. The lowest BCUT2D eigenvalue weighted by Crippen LogP contribution is -2.54. The number of hydrogen-bond donors (Lipinski definition) is 3. The Balaban J connectivity index is 1.52. The topological polar surface area (TPSA) is 108 Å². The molecule has 3 N–H and O–H groups in total. The van der Waals surface area contributed by atoms with Gasteiger partial charge >= 0.3 is 0 Å². The third-order valence-electron chi connectivity index (χ3n) is 8.06. The van der Waals surface area contributed by atoms with Crippen molar-refractivity contribution in [1.82, 2.24) is 4.90 Å². The predicted molar refractivity (Wildman–Crippen MR) is 135 cm³/mol. The van der Waals surface area contributed by atoms with Crippen molar-refractivity contribution in [1.29, 1.82) is 0 Å². The zero-order chi connectivity index (χ0) is 25.7. The van der Waals surface area contributed by atoms with Crippen LogP contribution in [0.25, 0.3) is 0 Å². The second kappa shape index (κ2) is 9.18. The van der Waals surface area contributed by atoms with Gasteiger partial charge in [0.1, 0.15) is 11.6 Å². The van der Waals surface area contributed by atoms with Crippen molar-refractivity contribution < 1.29 is 24.2 Å². The number of anilines is 2. The van der Waals surface area contributed by atoms with Crippen LogP contribution in [-0.2, 0) is 19.1 Å². The summed E-state index contributed by atoms with van der Waals surface area (Å²) >= 11 is 5.99. The normalized spacial score (nSPS) is 32.4. The molecule has 3 saturated heterocycles. The van der Waals surface area contributed by atoms with Crippen LogP contribution in [0.5, 0.6) is 0 Å². The number of carbonyl (C=O) groups is 3. The first-order valence-electron chi connectivity index (χ1n) is 12.2. The number of ether oxygens (including phenoxy) is 1. The second-order valence-corrected chi connectivity index (χ2v) is 10.6. The molecule has 3 unspecified atom stereocenters. The van der Waals surface area contributed by atoms with Gasteiger partial charge in [-0.05, 0) is 62.1 Å². The Morgan fingerprint density at radius 3 is 2.39 bits per heavy atom. The summed E-state index contributed by atoms with van der Waals surface area (Å²) < 4.78 is 6.66. The molecule has 0 aliphatic carbocycles. The number of para-hydroxylation sites is 1. The Bertz CT molecular complexity index is 1180. The highest BCUT2D eigenvalue weighted by molar-refractivity contribution is 6.30. The number of amides is 3. The van der Waals surface area contributed by atoms with Crippen molar-refractivity contribution in [3.63, 3.8) is 0 Å². The molecule has 9 heteroatoms. The quantitative estimate of drug-likeness (QED) is 0.528. The zero-order valence-corrected chi connectivity index (χ0v) is 21.0. The predicted octanol–water partition coefficient (Wildman–Crippen LogP) is 3.31. The van der Waals surface area contributed by atoms with Crippen LogP contribution in [0.2, 0.25) is 5.02 Å². The lowest BCUT2D eigenvalue weighted by Gasteiger charge is -2.36. The van der Waals surface area contributed by atoms with Crippen molar-refractivity contribution in [3.05, 3.63) is 59.6 Å². The van der Waals surface area contributed by atoms with Crippen LogP contribution in [0.4, 0.5) is 11.4 Å². The number of nitrogens with one attached hydrogen (secondary N) is 2. The van der Waals surface area contributed by atoms with Gasteiger partial charge in [-0.25, -0.2) is 0 Å². The molecule has 0 saturated carbocycles. The van der Waals surface area contributed by atoms with Crippen molar-refractivity contribution >= 4 is 40.7 Å². The lowest BCUT2D eigenvalue weighted by molar-refractivity contribution is -0.144. The van der Waals surface area contributed by atoms with E-state index in [-0.39, 0.29) is 36.8 Å². The van der Waals surface area contributed by atoms with Gasteiger partial charge in [0.2, 0.25) is 17.7 Å². The lowest BCUT2D eigenvalue weighted by atomic mass is 9.62. The Morgan fingerprint density at radius 2 is 1.72 bits per heavy atom. The molecular formula is C27H30ClN3O5.